The topological polar surface area (TPSA) is 90.9 Å². The second-order valence-electron chi connectivity index (χ2n) is 5.55. The Morgan fingerprint density at radius 3 is 2.90 bits per heavy atom. The Balaban J connectivity index is 2.36. The highest BCUT2D eigenvalue weighted by Gasteiger charge is 2.24. The van der Waals surface area contributed by atoms with E-state index in [9.17, 15) is 0 Å². The van der Waals surface area contributed by atoms with Gasteiger partial charge in [0.05, 0.1) is 0 Å². The summed E-state index contributed by atoms with van der Waals surface area (Å²) in [5.74, 6) is 0.681. The van der Waals surface area contributed by atoms with Crippen molar-refractivity contribution in [1.82, 2.24) is 14.9 Å². The van der Waals surface area contributed by atoms with E-state index < -0.39 is 0 Å². The van der Waals surface area contributed by atoms with Gasteiger partial charge in [0.15, 0.2) is 5.84 Å². The summed E-state index contributed by atoms with van der Waals surface area (Å²) in [5.41, 5.74) is 6.94. The Labute approximate surface area is 125 Å². The summed E-state index contributed by atoms with van der Waals surface area (Å²) in [6.07, 6.45) is 2.10. The number of oxime groups is 1. The molecule has 0 amide bonds. The number of amidine groups is 1. The molecular weight excluding hydrogens is 268 g/mol. The molecule has 7 heteroatoms. The third kappa shape index (κ3) is 3.60. The molecule has 21 heavy (non-hydrogen) atoms. The first-order valence-electron chi connectivity index (χ1n) is 7.34. The Morgan fingerprint density at radius 1 is 1.48 bits per heavy atom. The Hall–Kier alpha value is -1.89. The van der Waals surface area contributed by atoms with Crippen LogP contribution in [0.3, 0.4) is 0 Å². The van der Waals surface area contributed by atoms with Crippen molar-refractivity contribution in [2.75, 3.05) is 31.6 Å². The molecule has 1 aromatic rings. The molecular formula is C14H24N6O. The Morgan fingerprint density at radius 2 is 2.24 bits per heavy atom. The standard InChI is InChI=1S/C14H24N6O/c1-4-11-9-19(3)6-5-7-20(11)14-16-10(2)8-12(17-14)13(15)18-21/h8,11,21H,4-7,9H2,1-3H3,(H2,15,18). The highest BCUT2D eigenvalue weighted by molar-refractivity contribution is 5.95. The highest BCUT2D eigenvalue weighted by Crippen LogP contribution is 2.19. The van der Waals surface area contributed by atoms with Crippen molar-refractivity contribution in [3.63, 3.8) is 0 Å². The second kappa shape index (κ2) is 6.71. The zero-order valence-electron chi connectivity index (χ0n) is 13.0. The smallest absolute Gasteiger partial charge is 0.226 e. The van der Waals surface area contributed by atoms with Crippen LogP contribution in [0.1, 0.15) is 31.2 Å². The molecule has 1 unspecified atom stereocenters. The van der Waals surface area contributed by atoms with Crippen LogP contribution in [0.4, 0.5) is 5.95 Å². The zero-order chi connectivity index (χ0) is 15.4. The Bertz CT molecular complexity index is 518. The molecule has 2 rings (SSSR count). The van der Waals surface area contributed by atoms with Gasteiger partial charge in [-0.3, -0.25) is 0 Å². The van der Waals surface area contributed by atoms with Crippen molar-refractivity contribution in [2.24, 2.45) is 10.9 Å². The van der Waals surface area contributed by atoms with Gasteiger partial charge in [0.25, 0.3) is 0 Å². The van der Waals surface area contributed by atoms with Crippen LogP contribution in [0.2, 0.25) is 0 Å². The molecule has 1 atom stereocenters. The molecule has 1 fully saturated rings. The fourth-order valence-electron chi connectivity index (χ4n) is 2.72. The van der Waals surface area contributed by atoms with Crippen LogP contribution in [0, 0.1) is 6.92 Å². The van der Waals surface area contributed by atoms with Crippen LogP contribution in [0.15, 0.2) is 11.2 Å². The number of nitrogens with two attached hydrogens (primary N) is 1. The fourth-order valence-corrected chi connectivity index (χ4v) is 2.72. The predicted octanol–water partition coefficient (Wildman–Crippen LogP) is 0.800. The average Bonchev–Trinajstić information content (AvgIpc) is 2.66. The molecule has 0 radical (unpaired) electrons. The van der Waals surface area contributed by atoms with Crippen molar-refractivity contribution < 1.29 is 5.21 Å². The molecule has 1 aromatic heterocycles. The van der Waals surface area contributed by atoms with Gasteiger partial charge in [0.2, 0.25) is 5.95 Å². The molecule has 7 nitrogen and oxygen atoms in total. The number of rotatable bonds is 3. The monoisotopic (exact) mass is 292 g/mol. The predicted molar refractivity (Wildman–Crippen MR) is 82.8 cm³/mol. The number of hydrogen-bond donors (Lipinski definition) is 2. The number of anilines is 1. The van der Waals surface area contributed by atoms with E-state index in [1.165, 1.54) is 0 Å². The van der Waals surface area contributed by atoms with Gasteiger partial charge in [-0.1, -0.05) is 12.1 Å². The summed E-state index contributed by atoms with van der Waals surface area (Å²) in [5, 5.41) is 11.9. The van der Waals surface area contributed by atoms with Crippen LogP contribution in [-0.2, 0) is 0 Å². The molecule has 0 saturated carbocycles. The lowest BCUT2D eigenvalue weighted by molar-refractivity contribution is 0.318. The molecule has 116 valence electrons. The summed E-state index contributed by atoms with van der Waals surface area (Å²) in [6, 6.07) is 2.10. The summed E-state index contributed by atoms with van der Waals surface area (Å²) in [6.45, 7) is 7.06. The van der Waals surface area contributed by atoms with Crippen LogP contribution in [0.5, 0.6) is 0 Å². The molecule has 0 bridgehead atoms. The molecule has 3 N–H and O–H groups in total. The largest absolute Gasteiger partial charge is 0.409 e. The van der Waals surface area contributed by atoms with Gasteiger partial charge in [-0.25, -0.2) is 9.97 Å². The summed E-state index contributed by atoms with van der Waals surface area (Å²) in [7, 11) is 2.14. The van der Waals surface area contributed by atoms with Crippen LogP contribution < -0.4 is 10.6 Å². The fraction of sp³-hybridized carbons (Fsp3) is 0.643. The van der Waals surface area contributed by atoms with E-state index in [0.717, 1.165) is 38.2 Å². The minimum absolute atomic E-state index is 0.0155. The van der Waals surface area contributed by atoms with Crippen molar-refractivity contribution >= 4 is 11.8 Å². The first kappa shape index (κ1) is 15.5. The van der Waals surface area contributed by atoms with E-state index >= 15 is 0 Å². The molecule has 0 aromatic carbocycles. The van der Waals surface area contributed by atoms with E-state index in [4.69, 9.17) is 10.9 Å². The van der Waals surface area contributed by atoms with E-state index in [0.29, 0.717) is 17.7 Å². The first-order chi connectivity index (χ1) is 10.0. The third-order valence-corrected chi connectivity index (χ3v) is 3.84. The van der Waals surface area contributed by atoms with Gasteiger partial charge >= 0.3 is 0 Å². The SMILES string of the molecule is CCC1CN(C)CCCN1c1nc(C)cc(/C(N)=N/O)n1. The number of aromatic nitrogens is 2. The number of nitrogens with zero attached hydrogens (tertiary/aromatic N) is 5. The third-order valence-electron chi connectivity index (χ3n) is 3.84. The van der Waals surface area contributed by atoms with Gasteiger partial charge < -0.3 is 20.7 Å². The lowest BCUT2D eigenvalue weighted by Crippen LogP contribution is -2.41. The molecule has 0 spiro atoms. The van der Waals surface area contributed by atoms with Crippen LogP contribution in [0.25, 0.3) is 0 Å². The number of hydrogen-bond acceptors (Lipinski definition) is 6. The number of likely N-dealkylation sites (N-methyl/N-ethyl adjacent to an activating group) is 1. The molecule has 1 aliphatic rings. The van der Waals surface area contributed by atoms with Gasteiger partial charge in [-0.15, -0.1) is 0 Å². The lowest BCUT2D eigenvalue weighted by atomic mass is 10.2. The van der Waals surface area contributed by atoms with E-state index in [-0.39, 0.29) is 5.84 Å². The van der Waals surface area contributed by atoms with Crippen molar-refractivity contribution in [1.29, 1.82) is 0 Å². The van der Waals surface area contributed by atoms with Gasteiger partial charge in [0, 0.05) is 24.8 Å². The Kier molecular flexibility index (Phi) is 4.95. The average molecular weight is 292 g/mol. The van der Waals surface area contributed by atoms with Crippen molar-refractivity contribution in [2.45, 2.75) is 32.7 Å². The van der Waals surface area contributed by atoms with Crippen molar-refractivity contribution in [3.8, 4) is 0 Å². The van der Waals surface area contributed by atoms with Gasteiger partial charge in [0.1, 0.15) is 5.69 Å². The van der Waals surface area contributed by atoms with Gasteiger partial charge in [-0.05, 0) is 39.4 Å². The van der Waals surface area contributed by atoms with Crippen LogP contribution >= 0.6 is 0 Å². The van der Waals surface area contributed by atoms with E-state index in [1.807, 2.05) is 6.92 Å². The normalized spacial score (nSPS) is 21.4. The maximum Gasteiger partial charge on any atom is 0.226 e. The minimum Gasteiger partial charge on any atom is -0.409 e. The second-order valence-corrected chi connectivity index (χ2v) is 5.55. The quantitative estimate of drug-likeness (QED) is 0.371. The zero-order valence-corrected chi connectivity index (χ0v) is 13.0. The lowest BCUT2D eigenvalue weighted by Gasteiger charge is -2.30. The van der Waals surface area contributed by atoms with E-state index in [2.05, 4.69) is 38.9 Å². The van der Waals surface area contributed by atoms with Crippen molar-refractivity contribution in [3.05, 3.63) is 17.5 Å². The van der Waals surface area contributed by atoms with Crippen LogP contribution in [-0.4, -0.2) is 58.6 Å². The van der Waals surface area contributed by atoms with E-state index in [1.54, 1.807) is 6.07 Å². The summed E-state index contributed by atoms with van der Waals surface area (Å²) in [4.78, 5) is 13.6. The molecule has 1 aliphatic heterocycles. The summed E-state index contributed by atoms with van der Waals surface area (Å²) >= 11 is 0. The number of aryl methyl sites for hydroxylation is 1. The maximum atomic E-state index is 8.84. The maximum absolute atomic E-state index is 8.84. The minimum atomic E-state index is 0.0155. The molecule has 1 saturated heterocycles. The highest BCUT2D eigenvalue weighted by atomic mass is 16.4. The first-order valence-corrected chi connectivity index (χ1v) is 7.34. The molecule has 2 heterocycles. The molecule has 0 aliphatic carbocycles. The summed E-state index contributed by atoms with van der Waals surface area (Å²) < 4.78 is 0. The van der Waals surface area contributed by atoms with Gasteiger partial charge in [-0.2, -0.15) is 0 Å².